The van der Waals surface area contributed by atoms with Crippen molar-refractivity contribution < 1.29 is 0 Å². The zero-order chi connectivity index (χ0) is 12.3. The minimum absolute atomic E-state index is 0.596. The van der Waals surface area contributed by atoms with Gasteiger partial charge in [-0.05, 0) is 35.6 Å². The van der Waals surface area contributed by atoms with Gasteiger partial charge in [0, 0.05) is 26.0 Å². The highest BCUT2D eigenvalue weighted by Gasteiger charge is 2.16. The lowest BCUT2D eigenvalue weighted by molar-refractivity contribution is 0.860. The van der Waals surface area contributed by atoms with Crippen LogP contribution in [0.25, 0.3) is 11.1 Å². The van der Waals surface area contributed by atoms with E-state index in [0.717, 1.165) is 29.1 Å². The first-order valence-electron chi connectivity index (χ1n) is 5.60. The van der Waals surface area contributed by atoms with Crippen LogP contribution in [0.2, 0.25) is 0 Å². The Morgan fingerprint density at radius 3 is 2.71 bits per heavy atom. The van der Waals surface area contributed by atoms with Crippen LogP contribution in [0.3, 0.4) is 0 Å². The second-order valence-electron chi connectivity index (χ2n) is 3.91. The van der Waals surface area contributed by atoms with Crippen molar-refractivity contribution in [3.8, 4) is 11.1 Å². The molecule has 0 fully saturated rings. The molecule has 0 aliphatic heterocycles. The van der Waals surface area contributed by atoms with E-state index in [2.05, 4.69) is 28.2 Å². The second kappa shape index (κ2) is 5.14. The van der Waals surface area contributed by atoms with Gasteiger partial charge in [0.2, 0.25) is 0 Å². The van der Waals surface area contributed by atoms with E-state index in [9.17, 15) is 0 Å². The summed E-state index contributed by atoms with van der Waals surface area (Å²) in [6.07, 6.45) is 4.65. The summed E-state index contributed by atoms with van der Waals surface area (Å²) >= 11 is 1.45. The first kappa shape index (κ1) is 11.9. The standard InChI is InChI=1S/C12H16N4S/c1-3-8-16(2)12-10(11(13)15-17-12)9-4-6-14-7-5-9/h4-7H,3,8H2,1-2H3,(H2,13,15). The first-order valence-corrected chi connectivity index (χ1v) is 6.38. The average molecular weight is 248 g/mol. The first-order chi connectivity index (χ1) is 8.24. The van der Waals surface area contributed by atoms with E-state index in [1.807, 2.05) is 12.1 Å². The van der Waals surface area contributed by atoms with Crippen molar-refractivity contribution in [2.45, 2.75) is 13.3 Å². The molecule has 90 valence electrons. The van der Waals surface area contributed by atoms with Gasteiger partial charge in [0.05, 0.1) is 5.56 Å². The third-order valence-electron chi connectivity index (χ3n) is 2.58. The molecule has 4 nitrogen and oxygen atoms in total. The summed E-state index contributed by atoms with van der Waals surface area (Å²) < 4.78 is 4.25. The van der Waals surface area contributed by atoms with Gasteiger partial charge < -0.3 is 10.6 Å². The molecule has 2 aromatic heterocycles. The largest absolute Gasteiger partial charge is 0.382 e. The van der Waals surface area contributed by atoms with E-state index < -0.39 is 0 Å². The van der Waals surface area contributed by atoms with Crippen LogP contribution in [0.4, 0.5) is 10.8 Å². The monoisotopic (exact) mass is 248 g/mol. The highest BCUT2D eigenvalue weighted by atomic mass is 32.1. The van der Waals surface area contributed by atoms with Crippen LogP contribution in [0, 0.1) is 0 Å². The summed E-state index contributed by atoms with van der Waals surface area (Å²) in [6.45, 7) is 3.16. The van der Waals surface area contributed by atoms with Crippen molar-refractivity contribution in [2.24, 2.45) is 0 Å². The number of nitrogen functional groups attached to an aromatic ring is 1. The summed E-state index contributed by atoms with van der Waals surface area (Å²) in [4.78, 5) is 6.22. The highest BCUT2D eigenvalue weighted by molar-refractivity contribution is 7.11. The molecule has 0 atom stereocenters. The molecule has 0 aliphatic carbocycles. The van der Waals surface area contributed by atoms with E-state index >= 15 is 0 Å². The van der Waals surface area contributed by atoms with E-state index in [1.54, 1.807) is 12.4 Å². The molecular weight excluding hydrogens is 232 g/mol. The van der Waals surface area contributed by atoms with Crippen molar-refractivity contribution in [1.82, 2.24) is 9.36 Å². The average Bonchev–Trinajstić information content (AvgIpc) is 2.73. The number of aromatic nitrogens is 2. The molecule has 0 bridgehead atoms. The lowest BCUT2D eigenvalue weighted by Gasteiger charge is -2.17. The van der Waals surface area contributed by atoms with Crippen molar-refractivity contribution >= 4 is 22.4 Å². The van der Waals surface area contributed by atoms with Crippen molar-refractivity contribution in [2.75, 3.05) is 24.2 Å². The third-order valence-corrected chi connectivity index (χ3v) is 3.55. The van der Waals surface area contributed by atoms with Crippen LogP contribution < -0.4 is 10.6 Å². The smallest absolute Gasteiger partial charge is 0.147 e. The summed E-state index contributed by atoms with van der Waals surface area (Å²) in [5.41, 5.74) is 8.05. The maximum Gasteiger partial charge on any atom is 0.147 e. The molecule has 2 heterocycles. The molecule has 2 rings (SSSR count). The van der Waals surface area contributed by atoms with E-state index in [0.29, 0.717) is 5.82 Å². The number of hydrogen-bond donors (Lipinski definition) is 1. The molecule has 0 radical (unpaired) electrons. The van der Waals surface area contributed by atoms with Gasteiger partial charge in [-0.2, -0.15) is 4.37 Å². The highest BCUT2D eigenvalue weighted by Crippen LogP contribution is 2.38. The minimum Gasteiger partial charge on any atom is -0.382 e. The number of pyridine rings is 1. The fourth-order valence-corrected chi connectivity index (χ4v) is 2.60. The third kappa shape index (κ3) is 2.39. The number of rotatable bonds is 4. The number of anilines is 2. The zero-order valence-electron chi connectivity index (χ0n) is 10.1. The quantitative estimate of drug-likeness (QED) is 0.903. The van der Waals surface area contributed by atoms with Crippen molar-refractivity contribution in [3.05, 3.63) is 24.5 Å². The molecule has 0 aromatic carbocycles. The van der Waals surface area contributed by atoms with Crippen molar-refractivity contribution in [3.63, 3.8) is 0 Å². The van der Waals surface area contributed by atoms with Crippen LogP contribution in [0.1, 0.15) is 13.3 Å². The molecule has 0 unspecified atom stereocenters. The Bertz CT molecular complexity index is 481. The van der Waals surface area contributed by atoms with Crippen LogP contribution in [0.15, 0.2) is 24.5 Å². The SMILES string of the molecule is CCCN(C)c1snc(N)c1-c1ccncc1. The normalized spacial score (nSPS) is 10.5. The molecule has 2 aromatic rings. The fourth-order valence-electron chi connectivity index (χ4n) is 1.78. The lowest BCUT2D eigenvalue weighted by Crippen LogP contribution is -2.17. The van der Waals surface area contributed by atoms with Gasteiger partial charge >= 0.3 is 0 Å². The Labute approximate surface area is 105 Å². The predicted molar refractivity (Wildman–Crippen MR) is 73.3 cm³/mol. The summed E-state index contributed by atoms with van der Waals surface area (Å²) in [5, 5.41) is 1.12. The summed E-state index contributed by atoms with van der Waals surface area (Å²) in [7, 11) is 2.07. The van der Waals surface area contributed by atoms with Gasteiger partial charge in [-0.25, -0.2) is 0 Å². The minimum atomic E-state index is 0.596. The molecule has 0 saturated carbocycles. The van der Waals surface area contributed by atoms with Crippen molar-refractivity contribution in [1.29, 1.82) is 0 Å². The van der Waals surface area contributed by atoms with Gasteiger partial charge in [0.1, 0.15) is 10.8 Å². The molecule has 0 aliphatic rings. The lowest BCUT2D eigenvalue weighted by atomic mass is 10.1. The van der Waals surface area contributed by atoms with E-state index in [1.165, 1.54) is 11.5 Å². The Hall–Kier alpha value is -1.62. The maximum absolute atomic E-state index is 5.96. The molecule has 0 saturated heterocycles. The van der Waals surface area contributed by atoms with Crippen LogP contribution in [-0.2, 0) is 0 Å². The molecule has 0 amide bonds. The van der Waals surface area contributed by atoms with Crippen LogP contribution in [0.5, 0.6) is 0 Å². The maximum atomic E-state index is 5.96. The number of nitrogens with zero attached hydrogens (tertiary/aromatic N) is 3. The van der Waals surface area contributed by atoms with Gasteiger partial charge in [-0.3, -0.25) is 4.98 Å². The second-order valence-corrected chi connectivity index (χ2v) is 4.66. The Kier molecular flexibility index (Phi) is 3.58. The molecule has 5 heteroatoms. The van der Waals surface area contributed by atoms with Gasteiger partial charge in [-0.1, -0.05) is 6.92 Å². The Morgan fingerprint density at radius 2 is 2.06 bits per heavy atom. The van der Waals surface area contributed by atoms with Gasteiger partial charge in [0.15, 0.2) is 0 Å². The Balaban J connectivity index is 2.43. The molecule has 0 spiro atoms. The van der Waals surface area contributed by atoms with Crippen LogP contribution >= 0.6 is 11.5 Å². The van der Waals surface area contributed by atoms with Gasteiger partial charge in [-0.15, -0.1) is 0 Å². The fraction of sp³-hybridized carbons (Fsp3) is 0.333. The molecular formula is C12H16N4S. The van der Waals surface area contributed by atoms with Crippen LogP contribution in [-0.4, -0.2) is 22.9 Å². The summed E-state index contributed by atoms with van der Waals surface area (Å²) in [6, 6.07) is 3.92. The molecule has 17 heavy (non-hydrogen) atoms. The predicted octanol–water partition coefficient (Wildman–Crippen LogP) is 2.63. The zero-order valence-corrected chi connectivity index (χ0v) is 10.9. The number of nitrogens with two attached hydrogens (primary N) is 1. The van der Waals surface area contributed by atoms with E-state index in [-0.39, 0.29) is 0 Å². The van der Waals surface area contributed by atoms with Gasteiger partial charge in [0.25, 0.3) is 0 Å². The Morgan fingerprint density at radius 1 is 1.35 bits per heavy atom. The summed E-state index contributed by atoms with van der Waals surface area (Å²) in [5.74, 6) is 0.596. The van der Waals surface area contributed by atoms with E-state index in [4.69, 9.17) is 5.73 Å². The molecule has 2 N–H and O–H groups in total. The number of hydrogen-bond acceptors (Lipinski definition) is 5. The topological polar surface area (TPSA) is 55.0 Å².